The minimum absolute atomic E-state index is 0.132. The van der Waals surface area contributed by atoms with E-state index in [4.69, 9.17) is 0 Å². The number of nitrogens with zero attached hydrogens (tertiary/aromatic N) is 2. The van der Waals surface area contributed by atoms with Gasteiger partial charge >= 0.3 is 0 Å². The molecule has 1 fully saturated rings. The molecule has 0 radical (unpaired) electrons. The molecule has 2 aromatic carbocycles. The average Bonchev–Trinajstić information content (AvgIpc) is 3.10. The molecule has 5 nitrogen and oxygen atoms in total. The second kappa shape index (κ2) is 6.55. The van der Waals surface area contributed by atoms with Crippen LogP contribution in [0.2, 0.25) is 0 Å². The molecule has 0 spiro atoms. The van der Waals surface area contributed by atoms with Crippen molar-refractivity contribution < 1.29 is 4.39 Å². The number of nitrogens with one attached hydrogen (secondary N) is 2. The molecule has 3 aromatic rings. The Balaban J connectivity index is 1.41. The molecule has 2 N–H and O–H groups in total. The lowest BCUT2D eigenvalue weighted by Gasteiger charge is -2.19. The Morgan fingerprint density at radius 2 is 2.00 bits per heavy atom. The monoisotopic (exact) mass is 338 g/mol. The van der Waals surface area contributed by atoms with E-state index < -0.39 is 0 Å². The molecule has 0 aliphatic carbocycles. The number of para-hydroxylation sites is 1. The summed E-state index contributed by atoms with van der Waals surface area (Å²) in [4.78, 5) is 21.6. The number of hydrogen-bond acceptors (Lipinski definition) is 4. The summed E-state index contributed by atoms with van der Waals surface area (Å²) in [6, 6.07) is 13.9. The number of fused-ring (bicyclic) bond motifs is 1. The summed E-state index contributed by atoms with van der Waals surface area (Å²) >= 11 is 0. The fraction of sp³-hybridized carbons (Fsp3) is 0.263. The topological polar surface area (TPSA) is 61.0 Å². The maximum Gasteiger partial charge on any atom is 0.260 e. The van der Waals surface area contributed by atoms with Crippen LogP contribution in [0.1, 0.15) is 6.42 Å². The van der Waals surface area contributed by atoms with Crippen molar-refractivity contribution in [2.45, 2.75) is 6.42 Å². The number of halogens is 1. The Morgan fingerprint density at radius 3 is 2.84 bits per heavy atom. The lowest BCUT2D eigenvalue weighted by molar-refractivity contribution is 0.619. The van der Waals surface area contributed by atoms with E-state index in [0.29, 0.717) is 22.8 Å². The second-order valence-electron chi connectivity index (χ2n) is 6.39. The molecule has 1 aromatic heterocycles. The van der Waals surface area contributed by atoms with Gasteiger partial charge in [0.25, 0.3) is 5.56 Å². The normalized spacial score (nSPS) is 17.2. The summed E-state index contributed by atoms with van der Waals surface area (Å²) in [6.45, 7) is 2.58. The van der Waals surface area contributed by atoms with Crippen molar-refractivity contribution in [3.05, 3.63) is 64.7 Å². The number of H-pyrrole nitrogens is 1. The highest BCUT2D eigenvalue weighted by Crippen LogP contribution is 2.24. The standard InChI is InChI=1S/C19H19FN4O/c20-14-5-7-15(8-6-14)24-10-9-13(12-24)11-21-19-22-17-4-2-1-3-16(17)18(25)23-19/h1-8,13H,9-12H2,(H2,21,22,23,25). The van der Waals surface area contributed by atoms with Crippen LogP contribution in [0.5, 0.6) is 0 Å². The molecule has 0 amide bonds. The Hall–Kier alpha value is -2.89. The van der Waals surface area contributed by atoms with E-state index in [1.807, 2.05) is 30.3 Å². The van der Waals surface area contributed by atoms with Crippen LogP contribution in [-0.2, 0) is 0 Å². The molecule has 6 heteroatoms. The molecular weight excluding hydrogens is 319 g/mol. The third kappa shape index (κ3) is 3.33. The SMILES string of the molecule is O=c1[nH]c(NCC2CCN(c3ccc(F)cc3)C2)nc2ccccc12. The highest BCUT2D eigenvalue weighted by atomic mass is 19.1. The Morgan fingerprint density at radius 1 is 1.20 bits per heavy atom. The number of rotatable bonds is 4. The zero-order chi connectivity index (χ0) is 17.2. The smallest absolute Gasteiger partial charge is 0.260 e. The molecule has 4 rings (SSSR count). The van der Waals surface area contributed by atoms with Gasteiger partial charge in [-0.3, -0.25) is 9.78 Å². The molecule has 1 unspecified atom stereocenters. The molecular formula is C19H19FN4O. The minimum Gasteiger partial charge on any atom is -0.371 e. The molecule has 2 heterocycles. The van der Waals surface area contributed by atoms with Crippen LogP contribution in [0.15, 0.2) is 53.3 Å². The number of benzene rings is 2. The molecule has 1 atom stereocenters. The van der Waals surface area contributed by atoms with Crippen molar-refractivity contribution in [1.29, 1.82) is 0 Å². The van der Waals surface area contributed by atoms with Crippen molar-refractivity contribution in [3.63, 3.8) is 0 Å². The zero-order valence-corrected chi connectivity index (χ0v) is 13.7. The van der Waals surface area contributed by atoms with Crippen LogP contribution >= 0.6 is 0 Å². The van der Waals surface area contributed by atoms with Crippen LogP contribution in [-0.4, -0.2) is 29.6 Å². The second-order valence-corrected chi connectivity index (χ2v) is 6.39. The molecule has 128 valence electrons. The first-order chi connectivity index (χ1) is 12.2. The Labute approximate surface area is 144 Å². The van der Waals surface area contributed by atoms with Gasteiger partial charge < -0.3 is 10.2 Å². The fourth-order valence-corrected chi connectivity index (χ4v) is 3.30. The summed E-state index contributed by atoms with van der Waals surface area (Å²) in [5.74, 6) is 0.734. The van der Waals surface area contributed by atoms with Gasteiger partial charge in [0.2, 0.25) is 5.95 Å². The molecule has 25 heavy (non-hydrogen) atoms. The third-order valence-electron chi connectivity index (χ3n) is 4.65. The number of hydrogen-bond donors (Lipinski definition) is 2. The van der Waals surface area contributed by atoms with Crippen LogP contribution in [0, 0.1) is 11.7 Å². The Bertz CT molecular complexity index is 938. The lowest BCUT2D eigenvalue weighted by Crippen LogP contribution is -2.23. The minimum atomic E-state index is -0.215. The van der Waals surface area contributed by atoms with Crippen molar-refractivity contribution in [1.82, 2.24) is 9.97 Å². The number of aromatic nitrogens is 2. The molecule has 1 aliphatic heterocycles. The Kier molecular flexibility index (Phi) is 4.09. The van der Waals surface area contributed by atoms with Crippen LogP contribution in [0.25, 0.3) is 10.9 Å². The molecule has 0 saturated carbocycles. The summed E-state index contributed by atoms with van der Waals surface area (Å²) < 4.78 is 13.0. The average molecular weight is 338 g/mol. The van der Waals surface area contributed by atoms with Crippen molar-refractivity contribution >= 4 is 22.5 Å². The first-order valence-corrected chi connectivity index (χ1v) is 8.42. The van der Waals surface area contributed by atoms with Gasteiger partial charge in [-0.1, -0.05) is 12.1 Å². The third-order valence-corrected chi connectivity index (χ3v) is 4.65. The van der Waals surface area contributed by atoms with Crippen molar-refractivity contribution in [2.75, 3.05) is 29.9 Å². The van der Waals surface area contributed by atoms with Crippen LogP contribution < -0.4 is 15.8 Å². The van der Waals surface area contributed by atoms with Crippen LogP contribution in [0.3, 0.4) is 0 Å². The molecule has 0 bridgehead atoms. The largest absolute Gasteiger partial charge is 0.371 e. The van der Waals surface area contributed by atoms with E-state index in [1.54, 1.807) is 6.07 Å². The summed E-state index contributed by atoms with van der Waals surface area (Å²) in [5.41, 5.74) is 1.60. The lowest BCUT2D eigenvalue weighted by atomic mass is 10.1. The summed E-state index contributed by atoms with van der Waals surface area (Å²) in [7, 11) is 0. The van der Waals surface area contributed by atoms with Gasteiger partial charge in [0.1, 0.15) is 5.82 Å². The highest BCUT2D eigenvalue weighted by molar-refractivity contribution is 5.78. The van der Waals surface area contributed by atoms with E-state index in [-0.39, 0.29) is 11.4 Å². The van der Waals surface area contributed by atoms with Crippen LogP contribution in [0.4, 0.5) is 16.0 Å². The van der Waals surface area contributed by atoms with Gasteiger partial charge in [-0.15, -0.1) is 0 Å². The number of anilines is 2. The van der Waals surface area contributed by atoms with E-state index in [2.05, 4.69) is 20.2 Å². The van der Waals surface area contributed by atoms with Gasteiger partial charge in [-0.05, 0) is 48.7 Å². The van der Waals surface area contributed by atoms with Gasteiger partial charge in [-0.25, -0.2) is 9.37 Å². The molecule has 1 aliphatic rings. The molecule has 1 saturated heterocycles. The highest BCUT2D eigenvalue weighted by Gasteiger charge is 2.22. The van der Waals surface area contributed by atoms with Gasteiger partial charge in [0.05, 0.1) is 10.9 Å². The van der Waals surface area contributed by atoms with E-state index >= 15 is 0 Å². The van der Waals surface area contributed by atoms with Crippen molar-refractivity contribution in [3.8, 4) is 0 Å². The maximum atomic E-state index is 13.0. The zero-order valence-electron chi connectivity index (χ0n) is 13.7. The summed E-state index contributed by atoms with van der Waals surface area (Å²) in [5, 5.41) is 3.84. The van der Waals surface area contributed by atoms with Gasteiger partial charge in [0, 0.05) is 25.3 Å². The number of aromatic amines is 1. The van der Waals surface area contributed by atoms with Gasteiger partial charge in [0.15, 0.2) is 0 Å². The van der Waals surface area contributed by atoms with E-state index in [9.17, 15) is 9.18 Å². The first-order valence-electron chi connectivity index (χ1n) is 8.42. The predicted molar refractivity (Wildman–Crippen MR) is 97.6 cm³/mol. The quantitative estimate of drug-likeness (QED) is 0.768. The first kappa shape index (κ1) is 15.6. The van der Waals surface area contributed by atoms with E-state index in [1.165, 1.54) is 12.1 Å². The van der Waals surface area contributed by atoms with Crippen molar-refractivity contribution in [2.24, 2.45) is 5.92 Å². The maximum absolute atomic E-state index is 13.0. The van der Waals surface area contributed by atoms with Gasteiger partial charge in [-0.2, -0.15) is 0 Å². The van der Waals surface area contributed by atoms with E-state index in [0.717, 1.165) is 31.7 Å². The predicted octanol–water partition coefficient (Wildman–Crippen LogP) is 3.00. The fourth-order valence-electron chi connectivity index (χ4n) is 3.30. The summed E-state index contributed by atoms with van der Waals surface area (Å²) in [6.07, 6.45) is 1.04.